The average Bonchev–Trinajstić information content (AvgIpc) is 3.27. The molecule has 0 radical (unpaired) electrons. The number of para-hydroxylation sites is 3. The Kier molecular flexibility index (Phi) is 5.72. The van der Waals surface area contributed by atoms with Crippen LogP contribution < -0.4 is 9.47 Å². The Hall–Kier alpha value is -4.18. The van der Waals surface area contributed by atoms with E-state index in [0.717, 1.165) is 17.4 Å². The number of ketones is 1. The molecule has 0 fully saturated rings. The van der Waals surface area contributed by atoms with Gasteiger partial charge in [0.1, 0.15) is 6.61 Å². The normalized spacial score (nSPS) is 14.6. The van der Waals surface area contributed by atoms with Gasteiger partial charge in [-0.05, 0) is 55.1 Å². The van der Waals surface area contributed by atoms with Gasteiger partial charge >= 0.3 is 0 Å². The van der Waals surface area contributed by atoms with Crippen LogP contribution in [0.15, 0.2) is 82.8 Å². The number of hydrogen-bond acceptors (Lipinski definition) is 8. The lowest BCUT2D eigenvalue weighted by Gasteiger charge is -2.26. The van der Waals surface area contributed by atoms with Gasteiger partial charge in [-0.1, -0.05) is 30.3 Å². The quantitative estimate of drug-likeness (QED) is 0.217. The van der Waals surface area contributed by atoms with Gasteiger partial charge in [0, 0.05) is 17.3 Å². The van der Waals surface area contributed by atoms with Crippen molar-refractivity contribution in [3.63, 3.8) is 0 Å². The first-order valence-corrected chi connectivity index (χ1v) is 11.2. The van der Waals surface area contributed by atoms with Crippen molar-refractivity contribution in [2.45, 2.75) is 23.1 Å². The van der Waals surface area contributed by atoms with Crippen molar-refractivity contribution in [1.82, 2.24) is 14.8 Å². The summed E-state index contributed by atoms with van der Waals surface area (Å²) < 4.78 is 13.8. The van der Waals surface area contributed by atoms with E-state index in [1.165, 1.54) is 13.0 Å². The van der Waals surface area contributed by atoms with Crippen molar-refractivity contribution >= 4 is 23.2 Å². The summed E-state index contributed by atoms with van der Waals surface area (Å²) in [6.07, 6.45) is -0.535. The number of rotatable bonds is 6. The first-order valence-electron chi connectivity index (χ1n) is 10.4. The molecule has 0 saturated carbocycles. The Bertz CT molecular complexity index is 1390. The second kappa shape index (κ2) is 8.99. The zero-order valence-electron chi connectivity index (χ0n) is 18.0. The Morgan fingerprint density at radius 1 is 1.06 bits per heavy atom. The molecule has 0 spiro atoms. The van der Waals surface area contributed by atoms with Crippen LogP contribution in [0.2, 0.25) is 0 Å². The van der Waals surface area contributed by atoms with E-state index in [1.54, 1.807) is 16.7 Å². The SMILES string of the molecule is CC(=O)c1ccc(Sc2nnc([C@@H]3COc4ccccc4O3)n2-c2ccccc2)c([N+](=O)[O-])c1. The molecule has 0 saturated heterocycles. The molecule has 2 heterocycles. The molecule has 1 aromatic heterocycles. The van der Waals surface area contributed by atoms with E-state index in [0.29, 0.717) is 27.4 Å². The first-order chi connectivity index (χ1) is 16.5. The van der Waals surface area contributed by atoms with Crippen LogP contribution >= 0.6 is 11.8 Å². The molecule has 170 valence electrons. The fourth-order valence-electron chi connectivity index (χ4n) is 3.59. The molecule has 4 aromatic rings. The number of hydrogen-bond donors (Lipinski definition) is 0. The summed E-state index contributed by atoms with van der Waals surface area (Å²) in [6, 6.07) is 21.2. The highest BCUT2D eigenvalue weighted by atomic mass is 32.2. The topological polar surface area (TPSA) is 109 Å². The lowest BCUT2D eigenvalue weighted by molar-refractivity contribution is -0.387. The van der Waals surface area contributed by atoms with Crippen LogP contribution in [0, 0.1) is 10.1 Å². The van der Waals surface area contributed by atoms with E-state index >= 15 is 0 Å². The van der Waals surface area contributed by atoms with Crippen molar-refractivity contribution < 1.29 is 19.2 Å². The number of carbonyl (C=O) groups excluding carboxylic acids is 1. The zero-order chi connectivity index (χ0) is 23.7. The first kappa shape index (κ1) is 21.7. The number of ether oxygens (including phenoxy) is 2. The predicted octanol–water partition coefficient (Wildman–Crippen LogP) is 5.04. The summed E-state index contributed by atoms with van der Waals surface area (Å²) in [7, 11) is 0. The highest BCUT2D eigenvalue weighted by Crippen LogP contribution is 2.39. The van der Waals surface area contributed by atoms with E-state index in [1.807, 2.05) is 54.6 Å². The Labute approximate surface area is 198 Å². The van der Waals surface area contributed by atoms with Gasteiger partial charge in [-0.3, -0.25) is 19.5 Å². The molecule has 1 atom stereocenters. The molecule has 0 aliphatic carbocycles. The van der Waals surface area contributed by atoms with E-state index in [4.69, 9.17) is 9.47 Å². The number of aromatic nitrogens is 3. The van der Waals surface area contributed by atoms with Gasteiger partial charge in [0.05, 0.1) is 9.82 Å². The number of fused-ring (bicyclic) bond motifs is 1. The largest absolute Gasteiger partial charge is 0.485 e. The maximum absolute atomic E-state index is 11.7. The second-order valence-corrected chi connectivity index (χ2v) is 8.48. The van der Waals surface area contributed by atoms with Crippen LogP contribution in [-0.4, -0.2) is 32.1 Å². The molecule has 0 unspecified atom stereocenters. The van der Waals surface area contributed by atoms with Crippen LogP contribution in [0.5, 0.6) is 11.5 Å². The van der Waals surface area contributed by atoms with E-state index in [-0.39, 0.29) is 23.6 Å². The number of benzene rings is 3. The van der Waals surface area contributed by atoms with E-state index < -0.39 is 11.0 Å². The van der Waals surface area contributed by atoms with Gasteiger partial charge in [0.15, 0.2) is 29.2 Å². The van der Waals surface area contributed by atoms with Gasteiger partial charge in [0.25, 0.3) is 5.69 Å². The minimum Gasteiger partial charge on any atom is -0.485 e. The lowest BCUT2D eigenvalue weighted by atomic mass is 10.1. The Morgan fingerprint density at radius 3 is 2.53 bits per heavy atom. The standard InChI is InChI=1S/C24H18N4O5S/c1-15(29)16-11-12-22(18(13-16)28(30)31)34-24-26-25-23(27(24)17-7-3-2-4-8-17)21-14-32-19-9-5-6-10-20(19)33-21/h2-13,21H,14H2,1H3/t21-/m0/s1. The lowest BCUT2D eigenvalue weighted by Crippen LogP contribution is -2.24. The maximum atomic E-state index is 11.7. The van der Waals surface area contributed by atoms with Crippen LogP contribution in [0.1, 0.15) is 29.2 Å². The summed E-state index contributed by atoms with van der Waals surface area (Å²) in [5.41, 5.74) is 0.871. The maximum Gasteiger partial charge on any atom is 0.284 e. The fourth-order valence-corrected chi connectivity index (χ4v) is 4.53. The Morgan fingerprint density at radius 2 is 1.79 bits per heavy atom. The third kappa shape index (κ3) is 4.11. The third-order valence-electron chi connectivity index (χ3n) is 5.23. The summed E-state index contributed by atoms with van der Waals surface area (Å²) in [5, 5.41) is 20.8. The van der Waals surface area contributed by atoms with Crippen LogP contribution in [0.4, 0.5) is 5.69 Å². The van der Waals surface area contributed by atoms with Crippen molar-refractivity contribution in [1.29, 1.82) is 0 Å². The van der Waals surface area contributed by atoms with E-state index in [9.17, 15) is 14.9 Å². The summed E-state index contributed by atoms with van der Waals surface area (Å²) in [5.74, 6) is 1.52. The number of nitro benzene ring substituents is 1. The molecule has 1 aliphatic heterocycles. The molecule has 0 bridgehead atoms. The van der Waals surface area contributed by atoms with Crippen molar-refractivity contribution in [2.75, 3.05) is 6.61 Å². The van der Waals surface area contributed by atoms with Crippen molar-refractivity contribution in [3.8, 4) is 17.2 Å². The molecule has 1 aliphatic rings. The Balaban J connectivity index is 1.57. The zero-order valence-corrected chi connectivity index (χ0v) is 18.8. The van der Waals surface area contributed by atoms with Gasteiger partial charge in [0.2, 0.25) is 5.16 Å². The fraction of sp³-hybridized carbons (Fsp3) is 0.125. The average molecular weight is 474 g/mol. The van der Waals surface area contributed by atoms with Crippen LogP contribution in [0.3, 0.4) is 0 Å². The monoisotopic (exact) mass is 474 g/mol. The third-order valence-corrected chi connectivity index (χ3v) is 6.24. The summed E-state index contributed by atoms with van der Waals surface area (Å²) in [6.45, 7) is 1.61. The van der Waals surface area contributed by atoms with E-state index in [2.05, 4.69) is 10.2 Å². The van der Waals surface area contributed by atoms with Gasteiger partial charge in [-0.2, -0.15) is 0 Å². The molecule has 0 N–H and O–H groups in total. The molecule has 10 heteroatoms. The second-order valence-electron chi connectivity index (χ2n) is 7.47. The highest BCUT2D eigenvalue weighted by Gasteiger charge is 2.30. The minimum atomic E-state index is -0.535. The van der Waals surface area contributed by atoms with Gasteiger partial charge in [-0.25, -0.2) is 0 Å². The van der Waals surface area contributed by atoms with Gasteiger partial charge in [-0.15, -0.1) is 10.2 Å². The predicted molar refractivity (Wildman–Crippen MR) is 124 cm³/mol. The number of nitrogens with zero attached hydrogens (tertiary/aromatic N) is 4. The molecular formula is C24H18N4O5S. The number of carbonyl (C=O) groups is 1. The smallest absolute Gasteiger partial charge is 0.284 e. The molecule has 9 nitrogen and oxygen atoms in total. The van der Waals surface area contributed by atoms with Gasteiger partial charge < -0.3 is 9.47 Å². The molecule has 0 amide bonds. The molecule has 34 heavy (non-hydrogen) atoms. The molecule has 5 rings (SSSR count). The highest BCUT2D eigenvalue weighted by molar-refractivity contribution is 7.99. The minimum absolute atomic E-state index is 0.173. The summed E-state index contributed by atoms with van der Waals surface area (Å²) in [4.78, 5) is 23.3. The van der Waals surface area contributed by atoms with Crippen molar-refractivity contribution in [2.24, 2.45) is 0 Å². The van der Waals surface area contributed by atoms with Crippen LogP contribution in [0.25, 0.3) is 5.69 Å². The summed E-state index contributed by atoms with van der Waals surface area (Å²) >= 11 is 1.09. The molecular weight excluding hydrogens is 456 g/mol. The molecule has 3 aromatic carbocycles. The number of Topliss-reactive ketones (excluding diaryl/α,β-unsaturated/α-hetero) is 1. The van der Waals surface area contributed by atoms with Crippen LogP contribution in [-0.2, 0) is 0 Å². The van der Waals surface area contributed by atoms with Crippen molar-refractivity contribution in [3.05, 3.63) is 94.3 Å². The number of nitro groups is 1.